The number of hydrogen-bond acceptors (Lipinski definition) is 7. The van der Waals surface area contributed by atoms with Crippen LogP contribution < -0.4 is 15.4 Å². The fourth-order valence-electron chi connectivity index (χ4n) is 2.28. The summed E-state index contributed by atoms with van der Waals surface area (Å²) in [5.74, 6) is 1.41. The van der Waals surface area contributed by atoms with Crippen LogP contribution in [0.4, 0.5) is 11.9 Å². The number of aromatic nitrogens is 3. The Balaban J connectivity index is 2.01. The molecule has 1 aliphatic heterocycles. The molecule has 2 N–H and O–H groups in total. The molecule has 25 heavy (non-hydrogen) atoms. The SMILES string of the molecule is CN(C)c1nc(N)nc(C(C#N)=CC2=Cc3cc(Cl)ccc3OC2)n1. The third-order valence-corrected chi connectivity index (χ3v) is 3.67. The summed E-state index contributed by atoms with van der Waals surface area (Å²) in [6.07, 6.45) is 3.59. The van der Waals surface area contributed by atoms with Crippen molar-refractivity contribution in [3.63, 3.8) is 0 Å². The van der Waals surface area contributed by atoms with Crippen LogP contribution in [0.15, 0.2) is 29.8 Å². The summed E-state index contributed by atoms with van der Waals surface area (Å²) in [6, 6.07) is 7.50. The Morgan fingerprint density at radius 1 is 1.36 bits per heavy atom. The van der Waals surface area contributed by atoms with E-state index in [1.165, 1.54) is 0 Å². The van der Waals surface area contributed by atoms with Crippen LogP contribution in [-0.4, -0.2) is 35.7 Å². The summed E-state index contributed by atoms with van der Waals surface area (Å²) in [4.78, 5) is 14.1. The lowest BCUT2D eigenvalue weighted by atomic mass is 10.1. The first-order valence-electron chi connectivity index (χ1n) is 7.40. The first-order chi connectivity index (χ1) is 12.0. The second-order valence-electron chi connectivity index (χ2n) is 5.57. The molecule has 0 saturated heterocycles. The molecule has 2 heterocycles. The number of allylic oxidation sites excluding steroid dienone is 1. The van der Waals surface area contributed by atoms with Crippen molar-refractivity contribution in [2.45, 2.75) is 0 Å². The summed E-state index contributed by atoms with van der Waals surface area (Å²) in [5, 5.41) is 10.1. The maximum absolute atomic E-state index is 9.51. The summed E-state index contributed by atoms with van der Waals surface area (Å²) in [6.45, 7) is 0.334. The van der Waals surface area contributed by atoms with E-state index in [1.54, 1.807) is 37.2 Å². The topological polar surface area (TPSA) is 101 Å². The predicted octanol–water partition coefficient (Wildman–Crippen LogP) is 2.56. The Hall–Kier alpha value is -3.11. The molecule has 0 bridgehead atoms. The Bertz CT molecular complexity index is 929. The lowest BCUT2D eigenvalue weighted by molar-refractivity contribution is 0.351. The van der Waals surface area contributed by atoms with Crippen molar-refractivity contribution in [2.75, 3.05) is 31.3 Å². The number of halogens is 1. The second kappa shape index (κ2) is 6.79. The number of benzene rings is 1. The van der Waals surface area contributed by atoms with Gasteiger partial charge in [0.05, 0.1) is 5.57 Å². The van der Waals surface area contributed by atoms with E-state index >= 15 is 0 Å². The molecular weight excluding hydrogens is 340 g/mol. The fourth-order valence-corrected chi connectivity index (χ4v) is 2.46. The van der Waals surface area contributed by atoms with Crippen LogP contribution in [0.1, 0.15) is 11.4 Å². The van der Waals surface area contributed by atoms with Crippen molar-refractivity contribution in [1.29, 1.82) is 5.26 Å². The largest absolute Gasteiger partial charge is 0.488 e. The average Bonchev–Trinajstić information content (AvgIpc) is 2.58. The van der Waals surface area contributed by atoms with E-state index < -0.39 is 0 Å². The van der Waals surface area contributed by atoms with E-state index in [-0.39, 0.29) is 17.3 Å². The first-order valence-corrected chi connectivity index (χ1v) is 7.78. The van der Waals surface area contributed by atoms with Gasteiger partial charge in [-0.2, -0.15) is 20.2 Å². The van der Waals surface area contributed by atoms with Gasteiger partial charge in [0.2, 0.25) is 11.9 Å². The number of hydrogen-bond donors (Lipinski definition) is 1. The minimum atomic E-state index is 0.0563. The maximum atomic E-state index is 9.51. The molecule has 8 heteroatoms. The Labute approximate surface area is 150 Å². The van der Waals surface area contributed by atoms with E-state index in [4.69, 9.17) is 22.1 Å². The van der Waals surface area contributed by atoms with Crippen LogP contribution >= 0.6 is 11.6 Å². The molecule has 0 unspecified atom stereocenters. The predicted molar refractivity (Wildman–Crippen MR) is 97.1 cm³/mol. The number of nitrogens with zero attached hydrogens (tertiary/aromatic N) is 5. The lowest BCUT2D eigenvalue weighted by Gasteiger charge is -2.16. The molecule has 1 aromatic heterocycles. The highest BCUT2D eigenvalue weighted by molar-refractivity contribution is 6.30. The minimum Gasteiger partial charge on any atom is -0.488 e. The van der Waals surface area contributed by atoms with Crippen LogP contribution in [0.3, 0.4) is 0 Å². The molecule has 3 rings (SSSR count). The summed E-state index contributed by atoms with van der Waals surface area (Å²) in [7, 11) is 3.57. The van der Waals surface area contributed by atoms with Gasteiger partial charge in [-0.25, -0.2) is 0 Å². The highest BCUT2D eigenvalue weighted by Crippen LogP contribution is 2.30. The summed E-state index contributed by atoms with van der Waals surface area (Å²) in [5.41, 5.74) is 7.65. The zero-order valence-electron chi connectivity index (χ0n) is 13.7. The average molecular weight is 355 g/mol. The number of nitrogens with two attached hydrogens (primary N) is 1. The lowest BCUT2D eigenvalue weighted by Crippen LogP contribution is -2.16. The standard InChI is InChI=1S/C17H15ClN6O/c1-24(2)17-22-15(21-16(20)23-17)12(8-19)6-10-5-11-7-13(18)3-4-14(11)25-9-10/h3-7H,9H2,1-2H3,(H2,20,21,22,23). The molecule has 0 atom stereocenters. The van der Waals surface area contributed by atoms with Crippen molar-refractivity contribution in [3.8, 4) is 11.8 Å². The van der Waals surface area contributed by atoms with Gasteiger partial charge in [-0.15, -0.1) is 0 Å². The quantitative estimate of drug-likeness (QED) is 0.845. The first kappa shape index (κ1) is 16.7. The van der Waals surface area contributed by atoms with Crippen molar-refractivity contribution in [3.05, 3.63) is 46.3 Å². The van der Waals surface area contributed by atoms with E-state index in [0.717, 1.165) is 16.9 Å². The smallest absolute Gasteiger partial charge is 0.230 e. The third-order valence-electron chi connectivity index (χ3n) is 3.44. The maximum Gasteiger partial charge on any atom is 0.230 e. The summed E-state index contributed by atoms with van der Waals surface area (Å²) >= 11 is 6.02. The third kappa shape index (κ3) is 3.70. The van der Waals surface area contributed by atoms with Crippen molar-refractivity contribution < 1.29 is 4.74 Å². The van der Waals surface area contributed by atoms with Gasteiger partial charge in [0.25, 0.3) is 0 Å². The summed E-state index contributed by atoms with van der Waals surface area (Å²) < 4.78 is 5.69. The molecule has 0 fully saturated rings. The molecule has 0 radical (unpaired) electrons. The molecule has 1 aromatic carbocycles. The van der Waals surface area contributed by atoms with Crippen LogP contribution in [0.5, 0.6) is 5.75 Å². The van der Waals surface area contributed by atoms with Gasteiger partial charge in [0, 0.05) is 24.7 Å². The van der Waals surface area contributed by atoms with Gasteiger partial charge in [-0.05, 0) is 35.9 Å². The molecular formula is C17H15ClN6O. The van der Waals surface area contributed by atoms with Gasteiger partial charge in [-0.1, -0.05) is 11.6 Å². The van der Waals surface area contributed by atoms with E-state index in [1.807, 2.05) is 12.1 Å². The Morgan fingerprint density at radius 2 is 2.16 bits per heavy atom. The zero-order valence-corrected chi connectivity index (χ0v) is 14.4. The number of nitrogen functional groups attached to an aromatic ring is 1. The highest BCUT2D eigenvalue weighted by Gasteiger charge is 2.14. The van der Waals surface area contributed by atoms with Gasteiger partial charge in [0.15, 0.2) is 5.82 Å². The van der Waals surface area contributed by atoms with Crippen LogP contribution in [0.25, 0.3) is 11.6 Å². The molecule has 126 valence electrons. The number of fused-ring (bicyclic) bond motifs is 1. The number of nitriles is 1. The number of anilines is 2. The molecule has 0 aliphatic carbocycles. The molecule has 0 amide bonds. The van der Waals surface area contributed by atoms with Crippen molar-refractivity contribution in [2.24, 2.45) is 0 Å². The fraction of sp³-hybridized carbons (Fsp3) is 0.176. The Kier molecular flexibility index (Phi) is 4.55. The van der Waals surface area contributed by atoms with Gasteiger partial charge >= 0.3 is 0 Å². The number of rotatable bonds is 3. The molecule has 0 saturated carbocycles. The van der Waals surface area contributed by atoms with Gasteiger partial charge in [-0.3, -0.25) is 0 Å². The monoisotopic (exact) mass is 354 g/mol. The zero-order chi connectivity index (χ0) is 18.0. The Morgan fingerprint density at radius 3 is 2.88 bits per heavy atom. The van der Waals surface area contributed by atoms with Crippen LogP contribution in [0, 0.1) is 11.3 Å². The van der Waals surface area contributed by atoms with E-state index in [0.29, 0.717) is 17.6 Å². The molecule has 7 nitrogen and oxygen atoms in total. The van der Waals surface area contributed by atoms with Gasteiger partial charge in [0.1, 0.15) is 18.4 Å². The molecule has 2 aromatic rings. The van der Waals surface area contributed by atoms with Crippen LogP contribution in [-0.2, 0) is 0 Å². The minimum absolute atomic E-state index is 0.0563. The van der Waals surface area contributed by atoms with E-state index in [9.17, 15) is 5.26 Å². The second-order valence-corrected chi connectivity index (χ2v) is 6.01. The molecule has 0 spiro atoms. The molecule has 1 aliphatic rings. The van der Waals surface area contributed by atoms with Crippen molar-refractivity contribution in [1.82, 2.24) is 15.0 Å². The van der Waals surface area contributed by atoms with E-state index in [2.05, 4.69) is 21.0 Å². The van der Waals surface area contributed by atoms with Crippen LogP contribution in [0.2, 0.25) is 5.02 Å². The highest BCUT2D eigenvalue weighted by atomic mass is 35.5. The normalized spacial score (nSPS) is 13.4. The number of ether oxygens (including phenoxy) is 1. The van der Waals surface area contributed by atoms with Crippen molar-refractivity contribution >= 4 is 35.1 Å². The van der Waals surface area contributed by atoms with Gasteiger partial charge < -0.3 is 15.4 Å².